The summed E-state index contributed by atoms with van der Waals surface area (Å²) in [6, 6.07) is 9.31. The fourth-order valence-corrected chi connectivity index (χ4v) is 3.62. The van der Waals surface area contributed by atoms with Gasteiger partial charge < -0.3 is 15.5 Å². The second-order valence-corrected chi connectivity index (χ2v) is 6.97. The number of aromatic nitrogens is 2. The monoisotopic (exact) mass is 392 g/mol. The minimum atomic E-state index is -0.0371. The SMILES string of the molecule is N#Cc1cc2c(nc1Cl)C(Nc1ccc(N)c(C(=N)c3cnco3)c1)CCC2. The van der Waals surface area contributed by atoms with E-state index in [4.69, 9.17) is 27.2 Å². The average molecular weight is 393 g/mol. The molecule has 3 aromatic rings. The highest BCUT2D eigenvalue weighted by molar-refractivity contribution is 6.30. The van der Waals surface area contributed by atoms with E-state index in [1.807, 2.05) is 18.2 Å². The fraction of sp³-hybridized carbons (Fsp3) is 0.200. The smallest absolute Gasteiger partial charge is 0.181 e. The van der Waals surface area contributed by atoms with Crippen LogP contribution in [0.3, 0.4) is 0 Å². The first-order valence-corrected chi connectivity index (χ1v) is 9.18. The molecule has 0 amide bonds. The Morgan fingerprint density at radius 2 is 2.25 bits per heavy atom. The van der Waals surface area contributed by atoms with E-state index in [-0.39, 0.29) is 16.9 Å². The minimum Gasteiger partial charge on any atom is -0.442 e. The lowest BCUT2D eigenvalue weighted by Gasteiger charge is -2.27. The Morgan fingerprint density at radius 3 is 3.00 bits per heavy atom. The highest BCUT2D eigenvalue weighted by atomic mass is 35.5. The predicted molar refractivity (Wildman–Crippen MR) is 107 cm³/mol. The van der Waals surface area contributed by atoms with Gasteiger partial charge in [0.2, 0.25) is 0 Å². The molecular formula is C20H17ClN6O. The van der Waals surface area contributed by atoms with E-state index in [1.54, 1.807) is 6.07 Å². The molecule has 0 spiro atoms. The molecule has 1 atom stereocenters. The average Bonchev–Trinajstić information content (AvgIpc) is 3.24. The predicted octanol–water partition coefficient (Wildman–Crippen LogP) is 4.08. The first kappa shape index (κ1) is 18.0. The molecule has 4 rings (SSSR count). The van der Waals surface area contributed by atoms with E-state index >= 15 is 0 Å². The van der Waals surface area contributed by atoms with Gasteiger partial charge in [0.1, 0.15) is 16.9 Å². The Hall–Kier alpha value is -3.37. The van der Waals surface area contributed by atoms with Crippen molar-refractivity contribution in [2.45, 2.75) is 25.3 Å². The number of nitrogens with two attached hydrogens (primary N) is 1. The lowest BCUT2D eigenvalue weighted by molar-refractivity contribution is 0.548. The first-order valence-electron chi connectivity index (χ1n) is 8.80. The van der Waals surface area contributed by atoms with Crippen LogP contribution >= 0.6 is 11.6 Å². The van der Waals surface area contributed by atoms with Crippen LogP contribution in [0.25, 0.3) is 0 Å². The topological polar surface area (TPSA) is 125 Å². The van der Waals surface area contributed by atoms with Crippen LogP contribution in [0.1, 0.15) is 47.0 Å². The van der Waals surface area contributed by atoms with Gasteiger partial charge in [-0.05, 0) is 49.1 Å². The van der Waals surface area contributed by atoms with Crippen molar-refractivity contribution >= 4 is 28.7 Å². The van der Waals surface area contributed by atoms with Crippen molar-refractivity contribution in [2.24, 2.45) is 0 Å². The Kier molecular flexibility index (Phi) is 4.72. The van der Waals surface area contributed by atoms with E-state index in [2.05, 4.69) is 21.4 Å². The lowest BCUT2D eigenvalue weighted by Crippen LogP contribution is -2.20. The normalized spacial score (nSPS) is 15.5. The van der Waals surface area contributed by atoms with Crippen molar-refractivity contribution in [1.82, 2.24) is 9.97 Å². The van der Waals surface area contributed by atoms with E-state index < -0.39 is 0 Å². The molecule has 0 radical (unpaired) electrons. The minimum absolute atomic E-state index is 0.0371. The highest BCUT2D eigenvalue weighted by Crippen LogP contribution is 2.34. The number of hydrogen-bond donors (Lipinski definition) is 3. The van der Waals surface area contributed by atoms with Gasteiger partial charge in [-0.1, -0.05) is 11.6 Å². The summed E-state index contributed by atoms with van der Waals surface area (Å²) in [6.07, 6.45) is 5.51. The van der Waals surface area contributed by atoms with Crippen LogP contribution in [0.2, 0.25) is 5.15 Å². The summed E-state index contributed by atoms with van der Waals surface area (Å²) >= 11 is 6.15. The van der Waals surface area contributed by atoms with Crippen molar-refractivity contribution in [3.8, 4) is 6.07 Å². The van der Waals surface area contributed by atoms with Gasteiger partial charge in [0, 0.05) is 16.9 Å². The number of hydrogen-bond acceptors (Lipinski definition) is 7. The molecule has 2 heterocycles. The molecule has 0 saturated carbocycles. The molecule has 1 unspecified atom stereocenters. The van der Waals surface area contributed by atoms with Crippen LogP contribution in [0.4, 0.5) is 11.4 Å². The second kappa shape index (κ2) is 7.33. The van der Waals surface area contributed by atoms with E-state index in [1.165, 1.54) is 12.6 Å². The number of oxazole rings is 1. The third kappa shape index (κ3) is 3.30. The highest BCUT2D eigenvalue weighted by Gasteiger charge is 2.24. The molecule has 1 aliphatic rings. The van der Waals surface area contributed by atoms with Gasteiger partial charge in [0.05, 0.1) is 23.5 Å². The molecule has 0 saturated heterocycles. The molecule has 1 aromatic carbocycles. The number of benzene rings is 1. The summed E-state index contributed by atoms with van der Waals surface area (Å²) in [5, 5.41) is 21.2. The van der Waals surface area contributed by atoms with E-state index in [0.717, 1.165) is 36.2 Å². The molecule has 2 aromatic heterocycles. The maximum atomic E-state index is 9.17. The summed E-state index contributed by atoms with van der Waals surface area (Å²) in [4.78, 5) is 8.32. The first-order chi connectivity index (χ1) is 13.6. The van der Waals surface area contributed by atoms with Crippen molar-refractivity contribution in [3.05, 3.63) is 70.2 Å². The molecule has 7 nitrogen and oxygen atoms in total. The second-order valence-electron chi connectivity index (χ2n) is 6.61. The summed E-state index contributed by atoms with van der Waals surface area (Å²) in [5.41, 5.74) is 10.4. The molecule has 140 valence electrons. The number of nitrogen functional groups attached to an aromatic ring is 1. The van der Waals surface area contributed by atoms with Crippen molar-refractivity contribution in [1.29, 1.82) is 10.7 Å². The van der Waals surface area contributed by atoms with Gasteiger partial charge in [-0.15, -0.1) is 0 Å². The van der Waals surface area contributed by atoms with Crippen LogP contribution in [0, 0.1) is 16.7 Å². The lowest BCUT2D eigenvalue weighted by atomic mass is 9.90. The number of halogens is 1. The zero-order chi connectivity index (χ0) is 19.7. The summed E-state index contributed by atoms with van der Waals surface area (Å²) in [6.45, 7) is 0. The van der Waals surface area contributed by atoms with E-state index in [9.17, 15) is 5.26 Å². The Morgan fingerprint density at radius 1 is 1.39 bits per heavy atom. The quantitative estimate of drug-likeness (QED) is 0.349. The van der Waals surface area contributed by atoms with Crippen molar-refractivity contribution < 1.29 is 4.42 Å². The van der Waals surface area contributed by atoms with Gasteiger partial charge in [-0.25, -0.2) is 9.97 Å². The molecular weight excluding hydrogens is 376 g/mol. The Bertz CT molecular complexity index is 1090. The Labute approximate surface area is 166 Å². The number of anilines is 2. The van der Waals surface area contributed by atoms with E-state index in [0.29, 0.717) is 22.6 Å². The van der Waals surface area contributed by atoms with Crippen molar-refractivity contribution in [2.75, 3.05) is 11.1 Å². The summed E-state index contributed by atoms with van der Waals surface area (Å²) in [7, 11) is 0. The van der Waals surface area contributed by atoms with Crippen molar-refractivity contribution in [3.63, 3.8) is 0 Å². The number of rotatable bonds is 4. The zero-order valence-corrected chi connectivity index (χ0v) is 15.6. The third-order valence-electron chi connectivity index (χ3n) is 4.82. The number of fused-ring (bicyclic) bond motifs is 1. The zero-order valence-electron chi connectivity index (χ0n) is 14.9. The molecule has 8 heteroatoms. The maximum absolute atomic E-state index is 9.17. The Balaban J connectivity index is 1.64. The largest absolute Gasteiger partial charge is 0.442 e. The van der Waals surface area contributed by atoms with Crippen LogP contribution in [-0.4, -0.2) is 15.7 Å². The standard InChI is InChI=1S/C20H17ClN6O/c21-20-12(8-22)6-11-2-1-3-16(19(11)27-20)26-13-4-5-15(23)14(7-13)18(24)17-9-25-10-28-17/h4-7,9-10,16,24,26H,1-3,23H2. The van der Waals surface area contributed by atoms with Gasteiger partial charge in [-0.3, -0.25) is 5.41 Å². The third-order valence-corrected chi connectivity index (χ3v) is 5.11. The number of pyridine rings is 1. The van der Waals surface area contributed by atoms with Crippen LogP contribution in [-0.2, 0) is 6.42 Å². The van der Waals surface area contributed by atoms with Crippen LogP contribution in [0.5, 0.6) is 0 Å². The molecule has 0 fully saturated rings. The number of nitrogens with one attached hydrogen (secondary N) is 2. The number of aryl methyl sites for hydroxylation is 1. The maximum Gasteiger partial charge on any atom is 0.181 e. The summed E-state index contributed by atoms with van der Waals surface area (Å²) in [5.74, 6) is 0.351. The van der Waals surface area contributed by atoms with Gasteiger partial charge in [-0.2, -0.15) is 5.26 Å². The molecule has 0 bridgehead atoms. The molecule has 0 aliphatic heterocycles. The molecule has 1 aliphatic carbocycles. The van der Waals surface area contributed by atoms with Crippen LogP contribution in [0.15, 0.2) is 41.3 Å². The molecule has 4 N–H and O–H groups in total. The van der Waals surface area contributed by atoms with Crippen LogP contribution < -0.4 is 11.1 Å². The molecule has 28 heavy (non-hydrogen) atoms. The van der Waals surface area contributed by atoms with Gasteiger partial charge >= 0.3 is 0 Å². The fourth-order valence-electron chi connectivity index (χ4n) is 3.44. The van der Waals surface area contributed by atoms with Gasteiger partial charge in [0.15, 0.2) is 12.2 Å². The number of nitrogens with zero attached hydrogens (tertiary/aromatic N) is 3. The summed E-state index contributed by atoms with van der Waals surface area (Å²) < 4.78 is 5.21. The number of nitriles is 1. The van der Waals surface area contributed by atoms with Gasteiger partial charge in [0.25, 0.3) is 0 Å².